The van der Waals surface area contributed by atoms with Crippen LogP contribution in [0.25, 0.3) is 0 Å². The van der Waals surface area contributed by atoms with E-state index < -0.39 is 21.3 Å². The molecule has 30 heavy (non-hydrogen) atoms. The maximum Gasteiger partial charge on any atom is 0.335 e. The molecule has 160 valence electrons. The van der Waals surface area contributed by atoms with E-state index in [2.05, 4.69) is 4.99 Å². The van der Waals surface area contributed by atoms with Crippen LogP contribution in [0, 0.1) is 0 Å². The van der Waals surface area contributed by atoms with Crippen LogP contribution in [0.5, 0.6) is 5.75 Å². The lowest BCUT2D eigenvalue weighted by atomic mass is 9.99. The van der Waals surface area contributed by atoms with Crippen molar-refractivity contribution >= 4 is 21.7 Å². The number of carboxylic acids is 1. The van der Waals surface area contributed by atoms with E-state index in [0.29, 0.717) is 24.3 Å². The van der Waals surface area contributed by atoms with Crippen molar-refractivity contribution in [2.75, 3.05) is 25.6 Å². The first-order valence-corrected chi connectivity index (χ1v) is 11.1. The summed E-state index contributed by atoms with van der Waals surface area (Å²) in [7, 11) is -3.64. The second-order valence-electron chi connectivity index (χ2n) is 6.87. The number of benzene rings is 2. The van der Waals surface area contributed by atoms with E-state index in [1.54, 1.807) is 42.5 Å². The fraction of sp³-hybridized carbons (Fsp3) is 0.333. The molecule has 0 amide bonds. The number of hydrogen-bond acceptors (Lipinski definition) is 7. The van der Waals surface area contributed by atoms with Crippen molar-refractivity contribution in [1.82, 2.24) is 0 Å². The van der Waals surface area contributed by atoms with Crippen LogP contribution in [0.3, 0.4) is 0 Å². The Morgan fingerprint density at radius 1 is 1.13 bits per heavy atom. The first kappa shape index (κ1) is 21.8. The fourth-order valence-corrected chi connectivity index (χ4v) is 4.35. The summed E-state index contributed by atoms with van der Waals surface area (Å²) in [5.41, 5.74) is -1.09. The van der Waals surface area contributed by atoms with E-state index in [4.69, 9.17) is 14.6 Å². The zero-order valence-corrected chi connectivity index (χ0v) is 17.0. The molecule has 1 atom stereocenters. The van der Waals surface area contributed by atoms with Crippen molar-refractivity contribution in [3.05, 3.63) is 60.2 Å². The summed E-state index contributed by atoms with van der Waals surface area (Å²) in [6.45, 7) is 0.183. The zero-order chi connectivity index (χ0) is 21.6. The molecule has 0 saturated carbocycles. The smallest absolute Gasteiger partial charge is 0.335 e. The Hall–Kier alpha value is -2.91. The predicted octanol–water partition coefficient (Wildman–Crippen LogP) is 1.91. The van der Waals surface area contributed by atoms with Crippen molar-refractivity contribution in [2.45, 2.75) is 23.3 Å². The number of aliphatic hydroxyl groups excluding tert-OH is 1. The molecule has 0 aliphatic carbocycles. The molecule has 8 nitrogen and oxygen atoms in total. The van der Waals surface area contributed by atoms with E-state index in [0.717, 1.165) is 0 Å². The average Bonchev–Trinajstić information content (AvgIpc) is 3.20. The summed E-state index contributed by atoms with van der Waals surface area (Å²) >= 11 is 0. The summed E-state index contributed by atoms with van der Waals surface area (Å²) in [6, 6.07) is 14.7. The van der Waals surface area contributed by atoms with Crippen molar-refractivity contribution in [1.29, 1.82) is 0 Å². The Kier molecular flexibility index (Phi) is 6.73. The standard InChI is InChI=1S/C21H23NO7S/c23-12-4-13-28-17-9-7-16(8-10-17)19-22-21(15-29-19,20(24)25)11-14-30(26,27)18-5-2-1-3-6-18/h1-3,5-10,23H,4,11-15H2,(H,24,25)/t21-/m1/s1. The van der Waals surface area contributed by atoms with Crippen LogP contribution in [0.15, 0.2) is 64.5 Å². The maximum absolute atomic E-state index is 12.5. The third-order valence-electron chi connectivity index (χ3n) is 4.72. The predicted molar refractivity (Wildman–Crippen MR) is 110 cm³/mol. The van der Waals surface area contributed by atoms with Gasteiger partial charge in [-0.05, 0) is 36.4 Å². The number of aliphatic carboxylic acids is 1. The van der Waals surface area contributed by atoms with Crippen molar-refractivity contribution in [3.63, 3.8) is 0 Å². The van der Waals surface area contributed by atoms with Crippen LogP contribution in [0.1, 0.15) is 18.4 Å². The molecule has 1 aliphatic heterocycles. The number of aliphatic imine (C=N–C) groups is 1. The molecule has 0 spiro atoms. The number of nitrogens with zero attached hydrogens (tertiary/aromatic N) is 1. The molecule has 2 N–H and O–H groups in total. The van der Waals surface area contributed by atoms with Gasteiger partial charge in [0.25, 0.3) is 0 Å². The highest BCUT2D eigenvalue weighted by Gasteiger charge is 2.45. The van der Waals surface area contributed by atoms with Gasteiger partial charge < -0.3 is 19.7 Å². The van der Waals surface area contributed by atoms with Gasteiger partial charge in [0.05, 0.1) is 17.3 Å². The molecular weight excluding hydrogens is 410 g/mol. The molecule has 3 rings (SSSR count). The molecular formula is C21H23NO7S. The largest absolute Gasteiger partial charge is 0.494 e. The molecule has 1 heterocycles. The van der Waals surface area contributed by atoms with Crippen LogP contribution in [0.4, 0.5) is 0 Å². The van der Waals surface area contributed by atoms with Gasteiger partial charge in [0.1, 0.15) is 12.4 Å². The second-order valence-corrected chi connectivity index (χ2v) is 8.98. The Morgan fingerprint density at radius 2 is 1.83 bits per heavy atom. The molecule has 2 aromatic carbocycles. The van der Waals surface area contributed by atoms with E-state index in [1.165, 1.54) is 12.1 Å². The lowest BCUT2D eigenvalue weighted by Gasteiger charge is -2.18. The highest BCUT2D eigenvalue weighted by atomic mass is 32.2. The maximum atomic E-state index is 12.5. The third-order valence-corrected chi connectivity index (χ3v) is 6.45. The Bertz CT molecular complexity index is 1000. The van der Waals surface area contributed by atoms with Gasteiger partial charge in [-0.15, -0.1) is 0 Å². The molecule has 9 heteroatoms. The number of carboxylic acid groups (broad SMARTS) is 1. The first-order valence-electron chi connectivity index (χ1n) is 9.44. The van der Waals surface area contributed by atoms with Gasteiger partial charge in [0.2, 0.25) is 5.90 Å². The Morgan fingerprint density at radius 3 is 2.47 bits per heavy atom. The molecule has 0 saturated heterocycles. The van der Waals surface area contributed by atoms with Gasteiger partial charge in [-0.25, -0.2) is 18.2 Å². The minimum Gasteiger partial charge on any atom is -0.494 e. The van der Waals surface area contributed by atoms with Crippen molar-refractivity contribution < 1.29 is 32.9 Å². The molecule has 2 aromatic rings. The highest BCUT2D eigenvalue weighted by molar-refractivity contribution is 7.91. The van der Waals surface area contributed by atoms with E-state index in [1.807, 2.05) is 0 Å². The van der Waals surface area contributed by atoms with Crippen LogP contribution in [0.2, 0.25) is 0 Å². The van der Waals surface area contributed by atoms with Gasteiger partial charge in [0, 0.05) is 25.0 Å². The van der Waals surface area contributed by atoms with Crippen LogP contribution < -0.4 is 4.74 Å². The average molecular weight is 433 g/mol. The molecule has 0 aromatic heterocycles. The SMILES string of the molecule is O=C(O)[C@@]1(CCS(=O)(=O)c2ccccc2)COC(c2ccc(OCCCO)cc2)=N1. The first-order chi connectivity index (χ1) is 14.4. The van der Waals surface area contributed by atoms with Gasteiger partial charge in [0.15, 0.2) is 15.4 Å². The van der Waals surface area contributed by atoms with Gasteiger partial charge in [-0.1, -0.05) is 18.2 Å². The second kappa shape index (κ2) is 9.27. The van der Waals surface area contributed by atoms with Crippen molar-refractivity contribution in [3.8, 4) is 5.75 Å². The van der Waals surface area contributed by atoms with E-state index in [-0.39, 0.29) is 36.2 Å². The Balaban J connectivity index is 1.74. The Labute approximate surface area is 174 Å². The molecule has 0 radical (unpaired) electrons. The quantitative estimate of drug-likeness (QED) is 0.549. The minimum absolute atomic E-state index is 0.0417. The van der Waals surface area contributed by atoms with E-state index >= 15 is 0 Å². The van der Waals surface area contributed by atoms with Crippen LogP contribution in [-0.4, -0.2) is 61.6 Å². The number of sulfone groups is 1. The normalized spacial score (nSPS) is 18.5. The summed E-state index contributed by atoms with van der Waals surface area (Å²) in [5, 5.41) is 18.5. The van der Waals surface area contributed by atoms with Gasteiger partial charge >= 0.3 is 5.97 Å². The van der Waals surface area contributed by atoms with Gasteiger partial charge in [-0.3, -0.25) is 0 Å². The highest BCUT2D eigenvalue weighted by Crippen LogP contribution is 2.28. The van der Waals surface area contributed by atoms with Gasteiger partial charge in [-0.2, -0.15) is 0 Å². The fourth-order valence-electron chi connectivity index (χ4n) is 2.94. The number of hydrogen-bond donors (Lipinski definition) is 2. The minimum atomic E-state index is -3.64. The number of rotatable bonds is 10. The number of carbonyl (C=O) groups is 1. The number of aliphatic hydroxyl groups is 1. The van der Waals surface area contributed by atoms with E-state index in [9.17, 15) is 18.3 Å². The summed E-state index contributed by atoms with van der Waals surface area (Å²) in [5.74, 6) is -0.841. The van der Waals surface area contributed by atoms with Crippen LogP contribution in [-0.2, 0) is 19.4 Å². The molecule has 0 fully saturated rings. The molecule has 1 aliphatic rings. The third kappa shape index (κ3) is 4.98. The van der Waals surface area contributed by atoms with Crippen molar-refractivity contribution in [2.24, 2.45) is 4.99 Å². The lowest BCUT2D eigenvalue weighted by molar-refractivity contribution is -0.143. The zero-order valence-electron chi connectivity index (χ0n) is 16.2. The summed E-state index contributed by atoms with van der Waals surface area (Å²) < 4.78 is 36.1. The molecule has 0 bridgehead atoms. The lowest BCUT2D eigenvalue weighted by Crippen LogP contribution is -2.40. The topological polar surface area (TPSA) is 122 Å². The summed E-state index contributed by atoms with van der Waals surface area (Å²) in [4.78, 5) is 16.3. The molecule has 0 unspecified atom stereocenters. The van der Waals surface area contributed by atoms with Crippen LogP contribution >= 0.6 is 0 Å². The number of ether oxygens (including phenoxy) is 2. The summed E-state index contributed by atoms with van der Waals surface area (Å²) in [6.07, 6.45) is 0.315. The monoisotopic (exact) mass is 433 g/mol.